The number of amides is 2. The fourth-order valence-corrected chi connectivity index (χ4v) is 3.05. The van der Waals surface area contributed by atoms with Crippen LogP contribution in [0.2, 0.25) is 0 Å². The van der Waals surface area contributed by atoms with Gasteiger partial charge in [0.1, 0.15) is 0 Å². The van der Waals surface area contributed by atoms with E-state index in [4.69, 9.17) is 0 Å². The maximum atomic E-state index is 12.1. The molecule has 6 nitrogen and oxygen atoms in total. The summed E-state index contributed by atoms with van der Waals surface area (Å²) < 4.78 is 1.10. The Labute approximate surface area is 131 Å². The third kappa shape index (κ3) is 3.59. The summed E-state index contributed by atoms with van der Waals surface area (Å²) >= 11 is 2.25. The predicted molar refractivity (Wildman–Crippen MR) is 83.1 cm³/mol. The van der Waals surface area contributed by atoms with E-state index in [1.165, 1.54) is 6.08 Å². The molecule has 0 bridgehead atoms. The predicted octanol–water partition coefficient (Wildman–Crippen LogP) is 1.02. The van der Waals surface area contributed by atoms with Crippen LogP contribution in [0.4, 0.5) is 0 Å². The van der Waals surface area contributed by atoms with Crippen molar-refractivity contribution in [1.82, 2.24) is 20.4 Å². The van der Waals surface area contributed by atoms with Crippen molar-refractivity contribution in [2.24, 2.45) is 0 Å². The lowest BCUT2D eigenvalue weighted by Gasteiger charge is -2.32. The van der Waals surface area contributed by atoms with Gasteiger partial charge < -0.3 is 10.2 Å². The van der Waals surface area contributed by atoms with Gasteiger partial charge in [0.25, 0.3) is 0 Å². The molecule has 1 unspecified atom stereocenters. The van der Waals surface area contributed by atoms with Crippen molar-refractivity contribution in [3.05, 3.63) is 28.1 Å². The largest absolute Gasteiger partial charge is 0.343 e. The van der Waals surface area contributed by atoms with Gasteiger partial charge in [-0.1, -0.05) is 6.58 Å². The highest BCUT2D eigenvalue weighted by atomic mass is 127. The minimum absolute atomic E-state index is 0.0254. The van der Waals surface area contributed by atoms with Gasteiger partial charge in [-0.3, -0.25) is 14.7 Å². The number of nitrogens with zero attached hydrogens (tertiary/aromatic N) is 2. The average molecular weight is 388 g/mol. The number of aromatic amines is 1. The van der Waals surface area contributed by atoms with Gasteiger partial charge >= 0.3 is 0 Å². The second-order valence-corrected chi connectivity index (χ2v) is 5.89. The molecule has 20 heavy (non-hydrogen) atoms. The van der Waals surface area contributed by atoms with Crippen LogP contribution < -0.4 is 5.32 Å². The summed E-state index contributed by atoms with van der Waals surface area (Å²) in [5.74, 6) is -0.0911. The number of hydrogen-bond acceptors (Lipinski definition) is 3. The average Bonchev–Trinajstić information content (AvgIpc) is 2.90. The lowest BCUT2D eigenvalue weighted by atomic mass is 9.95. The number of carbonyl (C=O) groups is 2. The molecule has 0 saturated carbocycles. The molecule has 2 heterocycles. The van der Waals surface area contributed by atoms with Gasteiger partial charge in [-0.25, -0.2) is 0 Å². The lowest BCUT2D eigenvalue weighted by Crippen LogP contribution is -2.44. The number of nitrogens with one attached hydrogen (secondary N) is 2. The summed E-state index contributed by atoms with van der Waals surface area (Å²) in [5.41, 5.74) is 1.10. The molecule has 1 aromatic heterocycles. The molecule has 1 atom stereocenters. The Morgan fingerprint density at radius 2 is 2.45 bits per heavy atom. The highest BCUT2D eigenvalue weighted by Crippen LogP contribution is 2.28. The van der Waals surface area contributed by atoms with E-state index < -0.39 is 0 Å². The number of likely N-dealkylation sites (tertiary alicyclic amines) is 1. The van der Waals surface area contributed by atoms with Crippen LogP contribution >= 0.6 is 22.6 Å². The van der Waals surface area contributed by atoms with E-state index in [-0.39, 0.29) is 24.3 Å². The number of halogens is 1. The summed E-state index contributed by atoms with van der Waals surface area (Å²) in [6.07, 6.45) is 4.96. The van der Waals surface area contributed by atoms with E-state index in [9.17, 15) is 9.59 Å². The van der Waals surface area contributed by atoms with Crippen LogP contribution in [0, 0.1) is 3.57 Å². The number of rotatable bonds is 4. The van der Waals surface area contributed by atoms with Crippen molar-refractivity contribution in [3.63, 3.8) is 0 Å². The van der Waals surface area contributed by atoms with E-state index in [2.05, 4.69) is 44.7 Å². The number of carbonyl (C=O) groups excluding carboxylic acids is 2. The maximum absolute atomic E-state index is 12.1. The van der Waals surface area contributed by atoms with Crippen molar-refractivity contribution < 1.29 is 9.59 Å². The van der Waals surface area contributed by atoms with Crippen LogP contribution in [0.15, 0.2) is 18.9 Å². The Morgan fingerprint density at radius 1 is 1.65 bits per heavy atom. The molecule has 0 aromatic carbocycles. The van der Waals surface area contributed by atoms with Crippen LogP contribution in [0.3, 0.4) is 0 Å². The quantitative estimate of drug-likeness (QED) is 0.598. The second kappa shape index (κ2) is 6.87. The number of hydrogen-bond donors (Lipinski definition) is 2. The van der Waals surface area contributed by atoms with E-state index in [0.29, 0.717) is 6.54 Å². The van der Waals surface area contributed by atoms with Gasteiger partial charge in [0.05, 0.1) is 22.0 Å². The van der Waals surface area contributed by atoms with Gasteiger partial charge in [-0.2, -0.15) is 5.10 Å². The van der Waals surface area contributed by atoms with Crippen molar-refractivity contribution in [2.75, 3.05) is 19.6 Å². The van der Waals surface area contributed by atoms with E-state index in [1.54, 1.807) is 11.1 Å². The van der Waals surface area contributed by atoms with E-state index in [0.717, 1.165) is 28.7 Å². The van der Waals surface area contributed by atoms with Crippen LogP contribution in [0.1, 0.15) is 24.5 Å². The van der Waals surface area contributed by atoms with Crippen LogP contribution in [-0.2, 0) is 9.59 Å². The highest BCUT2D eigenvalue weighted by Gasteiger charge is 2.26. The molecule has 0 spiro atoms. The topological polar surface area (TPSA) is 78.1 Å². The molecule has 1 saturated heterocycles. The Bertz CT molecular complexity index is 514. The van der Waals surface area contributed by atoms with Crippen LogP contribution in [-0.4, -0.2) is 46.5 Å². The Hall–Kier alpha value is -1.38. The van der Waals surface area contributed by atoms with Gasteiger partial charge in [0.15, 0.2) is 0 Å². The Kier molecular flexibility index (Phi) is 5.16. The maximum Gasteiger partial charge on any atom is 0.243 e. The molecule has 1 aliphatic heterocycles. The summed E-state index contributed by atoms with van der Waals surface area (Å²) in [5, 5.41) is 9.57. The Balaban J connectivity index is 1.93. The summed E-state index contributed by atoms with van der Waals surface area (Å²) in [7, 11) is 0. The molecular weight excluding hydrogens is 371 g/mol. The molecule has 2 amide bonds. The smallest absolute Gasteiger partial charge is 0.243 e. The molecular formula is C13H17IN4O2. The van der Waals surface area contributed by atoms with Crippen LogP contribution in [0.5, 0.6) is 0 Å². The minimum Gasteiger partial charge on any atom is -0.343 e. The van der Waals surface area contributed by atoms with E-state index >= 15 is 0 Å². The van der Waals surface area contributed by atoms with Gasteiger partial charge in [-0.05, 0) is 41.5 Å². The monoisotopic (exact) mass is 388 g/mol. The van der Waals surface area contributed by atoms with E-state index in [1.807, 2.05) is 0 Å². The highest BCUT2D eigenvalue weighted by molar-refractivity contribution is 14.1. The molecule has 1 aromatic rings. The first-order chi connectivity index (χ1) is 9.61. The van der Waals surface area contributed by atoms with Crippen molar-refractivity contribution in [3.8, 4) is 0 Å². The molecule has 108 valence electrons. The standard InChI is InChI=1S/C13H17IN4O2/c1-2-11(19)15-7-12(20)18-5-3-4-9(8-18)13-10(14)6-16-17-13/h2,6,9H,1,3-5,7-8H2,(H,15,19)(H,16,17). The molecule has 2 N–H and O–H groups in total. The summed E-state index contributed by atoms with van der Waals surface area (Å²) in [4.78, 5) is 24.9. The zero-order chi connectivity index (χ0) is 14.5. The SMILES string of the molecule is C=CC(=O)NCC(=O)N1CCCC(c2[nH]ncc2I)C1. The van der Waals surface area contributed by atoms with Gasteiger partial charge in [0, 0.05) is 19.0 Å². The summed E-state index contributed by atoms with van der Waals surface area (Å²) in [6.45, 7) is 4.79. The Morgan fingerprint density at radius 3 is 3.10 bits per heavy atom. The normalized spacial score (nSPS) is 18.6. The third-order valence-electron chi connectivity index (χ3n) is 3.40. The molecule has 0 aliphatic carbocycles. The fourth-order valence-electron chi connectivity index (χ4n) is 2.35. The van der Waals surface area contributed by atoms with Gasteiger partial charge in [-0.15, -0.1) is 0 Å². The minimum atomic E-state index is -0.324. The molecule has 2 rings (SSSR count). The molecule has 0 radical (unpaired) electrons. The number of aromatic nitrogens is 2. The fraction of sp³-hybridized carbons (Fsp3) is 0.462. The third-order valence-corrected chi connectivity index (χ3v) is 4.26. The number of piperidine rings is 1. The second-order valence-electron chi connectivity index (χ2n) is 4.73. The summed E-state index contributed by atoms with van der Waals surface area (Å²) in [6, 6.07) is 0. The molecule has 1 fully saturated rings. The van der Waals surface area contributed by atoms with Gasteiger partial charge in [0.2, 0.25) is 11.8 Å². The lowest BCUT2D eigenvalue weighted by molar-refractivity contribution is -0.133. The van der Waals surface area contributed by atoms with Crippen LogP contribution in [0.25, 0.3) is 0 Å². The first kappa shape index (κ1) is 15.0. The van der Waals surface area contributed by atoms with Crippen molar-refractivity contribution >= 4 is 34.4 Å². The van der Waals surface area contributed by atoms with Crippen molar-refractivity contribution in [2.45, 2.75) is 18.8 Å². The number of H-pyrrole nitrogens is 1. The zero-order valence-corrected chi connectivity index (χ0v) is 13.2. The van der Waals surface area contributed by atoms with Crippen molar-refractivity contribution in [1.29, 1.82) is 0 Å². The first-order valence-electron chi connectivity index (χ1n) is 6.48. The first-order valence-corrected chi connectivity index (χ1v) is 7.56. The molecule has 7 heteroatoms. The molecule has 1 aliphatic rings. The zero-order valence-electron chi connectivity index (χ0n) is 11.1.